The third kappa shape index (κ3) is 3.31. The van der Waals surface area contributed by atoms with Crippen molar-refractivity contribution in [2.45, 2.75) is 5.30 Å². The number of hydrogen-bond donors (Lipinski definition) is 0. The highest BCUT2D eigenvalue weighted by Gasteiger charge is 2.26. The molecule has 14 heavy (non-hydrogen) atoms. The molecule has 5 nitrogen and oxygen atoms in total. The minimum Gasteiger partial charge on any atom is -0.470 e. The molecule has 1 aliphatic rings. The van der Waals surface area contributed by atoms with E-state index in [-0.39, 0.29) is 6.09 Å². The Morgan fingerprint density at radius 3 is 2.57 bits per heavy atom. The Bertz CT molecular complexity index is 222. The second kappa shape index (κ2) is 4.31. The summed E-state index contributed by atoms with van der Waals surface area (Å²) in [5, 5.41) is 1.10. The van der Waals surface area contributed by atoms with E-state index in [0.717, 1.165) is 0 Å². The van der Waals surface area contributed by atoms with Crippen LogP contribution in [0.4, 0.5) is 4.79 Å². The zero-order chi connectivity index (χ0) is 10.8. The molecule has 0 saturated carbocycles. The van der Waals surface area contributed by atoms with Crippen LogP contribution in [0, 0.1) is 0 Å². The van der Waals surface area contributed by atoms with Crippen LogP contribution in [-0.2, 0) is 9.47 Å². The van der Waals surface area contributed by atoms with Crippen molar-refractivity contribution in [3.8, 4) is 0 Å². The quantitative estimate of drug-likeness (QED) is 0.395. The van der Waals surface area contributed by atoms with Crippen molar-refractivity contribution < 1.29 is 14.3 Å². The van der Waals surface area contributed by atoms with Crippen molar-refractivity contribution in [3.63, 3.8) is 0 Å². The highest BCUT2D eigenvalue weighted by atomic mass is 16.6. The maximum atomic E-state index is 11.6. The molecule has 1 heterocycles. The first kappa shape index (κ1) is 11.5. The normalized spacial score (nSPS) is 19.3. The van der Waals surface area contributed by atoms with Gasteiger partial charge in [-0.05, 0) is 0 Å². The zero-order valence-corrected chi connectivity index (χ0v) is 9.24. The summed E-state index contributed by atoms with van der Waals surface area (Å²) in [6.45, 7) is 1.54. The lowest BCUT2D eigenvalue weighted by Crippen LogP contribution is -2.54. The molecule has 0 atom stereocenters. The van der Waals surface area contributed by atoms with E-state index in [1.54, 1.807) is 17.9 Å². The number of hydrazine groups is 1. The molecule has 74 valence electrons. The molecule has 0 N–H and O–H groups in total. The summed E-state index contributed by atoms with van der Waals surface area (Å²) in [6, 6.07) is 0. The fourth-order valence-corrected chi connectivity index (χ4v) is 1.13. The van der Waals surface area contributed by atoms with Gasteiger partial charge in [0.05, 0.1) is 13.2 Å². The molecular weight excluding hydrogens is 179 g/mol. The number of hydrogen-bond acceptors (Lipinski definition) is 4. The second-order valence-corrected chi connectivity index (χ2v) is 4.30. The lowest BCUT2D eigenvalue weighted by Gasteiger charge is -2.37. The van der Waals surface area contributed by atoms with Gasteiger partial charge in [-0.25, -0.2) is 14.7 Å². The highest BCUT2D eigenvalue weighted by molar-refractivity contribution is 6.58. The van der Waals surface area contributed by atoms with Gasteiger partial charge in [-0.2, -0.15) is 0 Å². The van der Waals surface area contributed by atoms with Gasteiger partial charge >= 0.3 is 6.09 Å². The molecule has 1 saturated heterocycles. The van der Waals surface area contributed by atoms with E-state index in [4.69, 9.17) is 9.47 Å². The Kier molecular flexibility index (Phi) is 3.55. The van der Waals surface area contributed by atoms with Gasteiger partial charge in [0.15, 0.2) is 0 Å². The first-order valence-corrected chi connectivity index (χ1v) is 4.69. The average molecular weight is 193 g/mol. The highest BCUT2D eigenvalue weighted by Crippen LogP contribution is 2.06. The van der Waals surface area contributed by atoms with E-state index >= 15 is 0 Å². The monoisotopic (exact) mass is 194 g/mol. The van der Waals surface area contributed by atoms with Crippen LogP contribution in [0.1, 0.15) is 0 Å². The maximum absolute atomic E-state index is 11.6. The van der Waals surface area contributed by atoms with Crippen molar-refractivity contribution in [3.05, 3.63) is 0 Å². The van der Waals surface area contributed by atoms with Gasteiger partial charge in [0, 0.05) is 5.30 Å². The number of carbonyl (C=O) groups excluding carboxylic acids is 1. The zero-order valence-electron chi connectivity index (χ0n) is 9.24. The predicted octanol–water partition coefficient (Wildman–Crippen LogP) is -4.31. The van der Waals surface area contributed by atoms with E-state index in [9.17, 15) is 4.79 Å². The Balaban J connectivity index is 2.50. The first-order chi connectivity index (χ1) is 6.40. The fraction of sp³-hybridized carbons (Fsp3) is 0.800. The number of ether oxygens (including phenoxy) is 2. The van der Waals surface area contributed by atoms with Crippen molar-refractivity contribution in [2.75, 3.05) is 19.9 Å². The van der Waals surface area contributed by atoms with Gasteiger partial charge in [0.2, 0.25) is 7.98 Å². The van der Waals surface area contributed by atoms with Gasteiger partial charge in [0.25, 0.3) is 0 Å². The summed E-state index contributed by atoms with van der Waals surface area (Å²) in [5.74, 6) is 0. The number of rotatable bonds is 1. The predicted molar refractivity (Wildman–Crippen MR) is 62.8 cm³/mol. The number of carbonyl (C=O) groups is 1. The Morgan fingerprint density at radius 2 is 2.07 bits per heavy atom. The minimum absolute atomic E-state index is 0.316. The third-order valence-electron chi connectivity index (χ3n) is 1.74. The smallest absolute Gasteiger partial charge is 0.421 e. The van der Waals surface area contributed by atoms with Gasteiger partial charge in [-0.15, -0.1) is 0 Å². The summed E-state index contributed by atoms with van der Waals surface area (Å²) in [4.78, 5) is 13.3. The first-order valence-electron chi connectivity index (χ1n) is 4.69. The maximum Gasteiger partial charge on any atom is 0.421 e. The van der Waals surface area contributed by atoms with Crippen LogP contribution in [0.15, 0.2) is 0 Å². The second-order valence-electron chi connectivity index (χ2n) is 4.30. The Hall–Kier alpha value is -0.550. The molecular formula is C5H14B4N2O3. The fourth-order valence-electron chi connectivity index (χ4n) is 1.13. The van der Waals surface area contributed by atoms with Gasteiger partial charge in [-0.1, -0.05) is 0 Å². The van der Waals surface area contributed by atoms with Crippen LogP contribution in [0.5, 0.6) is 0 Å². The van der Waals surface area contributed by atoms with E-state index in [1.165, 1.54) is 0 Å². The van der Waals surface area contributed by atoms with Crippen LogP contribution < -0.4 is 0 Å². The molecule has 1 amide bonds. The molecule has 9 heteroatoms. The molecule has 0 bridgehead atoms. The van der Waals surface area contributed by atoms with E-state index in [0.29, 0.717) is 19.9 Å². The summed E-state index contributed by atoms with van der Waals surface area (Å²) < 4.78 is 10.4. The lowest BCUT2D eigenvalue weighted by molar-refractivity contribution is -0.0912. The standard InChI is InChI=1S/C5H14B4N2O3/c6-5(7,8)14-4(12)10-1-2-13-3-11(10)9/h1-3,6-9H2. The molecule has 0 spiro atoms. The van der Waals surface area contributed by atoms with E-state index in [2.05, 4.69) is 0 Å². The van der Waals surface area contributed by atoms with Crippen molar-refractivity contribution in [1.82, 2.24) is 9.93 Å². The average Bonchev–Trinajstić information content (AvgIpc) is 2.01. The van der Waals surface area contributed by atoms with Crippen LogP contribution >= 0.6 is 0 Å². The van der Waals surface area contributed by atoms with Crippen molar-refractivity contribution in [2.24, 2.45) is 0 Å². The van der Waals surface area contributed by atoms with Gasteiger partial charge in [0.1, 0.15) is 30.3 Å². The molecule has 0 aromatic heterocycles. The Labute approximate surface area is 87.7 Å². The molecule has 0 aromatic rings. The van der Waals surface area contributed by atoms with Crippen molar-refractivity contribution >= 4 is 37.6 Å². The SMILES string of the molecule is BN1COCCN1C(=O)OC(B)(B)B. The molecule has 0 radical (unpaired) electrons. The topological polar surface area (TPSA) is 42.0 Å². The largest absolute Gasteiger partial charge is 0.470 e. The molecule has 0 aromatic carbocycles. The molecule has 0 unspecified atom stereocenters. The van der Waals surface area contributed by atoms with E-state index in [1.807, 2.05) is 23.5 Å². The third-order valence-corrected chi connectivity index (χ3v) is 1.74. The van der Waals surface area contributed by atoms with Gasteiger partial charge in [-0.3, -0.25) is 0 Å². The molecule has 1 fully saturated rings. The van der Waals surface area contributed by atoms with Crippen LogP contribution in [0.25, 0.3) is 0 Å². The van der Waals surface area contributed by atoms with Crippen molar-refractivity contribution in [1.29, 1.82) is 0 Å². The number of amides is 1. The summed E-state index contributed by atoms with van der Waals surface area (Å²) in [6.07, 6.45) is -0.316. The van der Waals surface area contributed by atoms with Crippen LogP contribution in [0.3, 0.4) is 0 Å². The molecule has 1 rings (SSSR count). The summed E-state index contributed by atoms with van der Waals surface area (Å²) >= 11 is 0. The lowest BCUT2D eigenvalue weighted by atomic mass is 9.52. The summed E-state index contributed by atoms with van der Waals surface area (Å²) in [5.41, 5.74) is 0. The number of nitrogens with zero attached hydrogens (tertiary/aromatic N) is 2. The Morgan fingerprint density at radius 1 is 1.43 bits per heavy atom. The van der Waals surface area contributed by atoms with E-state index < -0.39 is 5.30 Å². The molecule has 1 aliphatic heterocycles. The van der Waals surface area contributed by atoms with Crippen LogP contribution in [0.2, 0.25) is 0 Å². The van der Waals surface area contributed by atoms with Gasteiger partial charge < -0.3 is 9.47 Å². The summed E-state index contributed by atoms with van der Waals surface area (Å²) in [7, 11) is 7.35. The molecule has 0 aliphatic carbocycles. The minimum atomic E-state index is -0.448. The van der Waals surface area contributed by atoms with Crippen LogP contribution in [-0.4, -0.2) is 72.7 Å².